The molecule has 2 aromatic heterocycles. The molecule has 1 saturated heterocycles. The standard InChI is InChI=1S/C22H29ClN6O/c23-18-12-27-20(29-22(30)16-7-4-8-24-11-16)9-17(18)19-13-25-14-21(28-19)26-10-15-5-2-1-3-6-15/h9,12-16,24H,1-8,10-11H2,(H,26,28)(H,27,29,30)/t16-/m0/s1. The second-order valence-electron chi connectivity index (χ2n) is 8.26. The SMILES string of the molecule is O=C(Nc1cc(-c2cncc(NCC3CCCCC3)n2)c(Cl)cn1)[C@H]1CCCNC1. The number of pyridine rings is 1. The fraction of sp³-hybridized carbons (Fsp3) is 0.545. The van der Waals surface area contributed by atoms with Crippen molar-refractivity contribution in [3.8, 4) is 11.3 Å². The van der Waals surface area contributed by atoms with Gasteiger partial charge in [0.25, 0.3) is 0 Å². The maximum absolute atomic E-state index is 12.5. The molecule has 4 rings (SSSR count). The Morgan fingerprint density at radius 3 is 2.77 bits per heavy atom. The lowest BCUT2D eigenvalue weighted by molar-refractivity contribution is -0.120. The Balaban J connectivity index is 1.45. The first-order valence-corrected chi connectivity index (χ1v) is 11.3. The second kappa shape index (κ2) is 10.2. The highest BCUT2D eigenvalue weighted by atomic mass is 35.5. The molecule has 1 aliphatic heterocycles. The van der Waals surface area contributed by atoms with E-state index >= 15 is 0 Å². The first-order chi connectivity index (χ1) is 14.7. The number of halogens is 1. The molecular weight excluding hydrogens is 400 g/mol. The van der Waals surface area contributed by atoms with Crippen LogP contribution in [0.25, 0.3) is 11.3 Å². The van der Waals surface area contributed by atoms with Gasteiger partial charge < -0.3 is 16.0 Å². The number of carbonyl (C=O) groups excluding carboxylic acids is 1. The molecule has 30 heavy (non-hydrogen) atoms. The molecule has 0 unspecified atom stereocenters. The number of nitrogens with one attached hydrogen (secondary N) is 3. The first kappa shape index (κ1) is 21.0. The summed E-state index contributed by atoms with van der Waals surface area (Å²) in [5, 5.41) is 10.1. The van der Waals surface area contributed by atoms with E-state index in [1.807, 2.05) is 0 Å². The van der Waals surface area contributed by atoms with Gasteiger partial charge in [-0.2, -0.15) is 0 Å². The van der Waals surface area contributed by atoms with Crippen LogP contribution in [0.3, 0.4) is 0 Å². The van der Waals surface area contributed by atoms with E-state index in [1.165, 1.54) is 32.1 Å². The Morgan fingerprint density at radius 2 is 1.97 bits per heavy atom. The van der Waals surface area contributed by atoms with Crippen molar-refractivity contribution in [1.82, 2.24) is 20.3 Å². The lowest BCUT2D eigenvalue weighted by Gasteiger charge is -2.22. The van der Waals surface area contributed by atoms with Crippen molar-refractivity contribution in [2.75, 3.05) is 30.3 Å². The molecule has 1 amide bonds. The van der Waals surface area contributed by atoms with Gasteiger partial charge in [-0.1, -0.05) is 30.9 Å². The van der Waals surface area contributed by atoms with Gasteiger partial charge in [-0.3, -0.25) is 9.78 Å². The molecular formula is C22H29ClN6O. The zero-order valence-corrected chi connectivity index (χ0v) is 17.9. The molecule has 3 heterocycles. The van der Waals surface area contributed by atoms with Crippen molar-refractivity contribution in [2.45, 2.75) is 44.9 Å². The normalized spacial score (nSPS) is 20.0. The van der Waals surface area contributed by atoms with Crippen LogP contribution in [0, 0.1) is 11.8 Å². The Bertz CT molecular complexity index is 864. The molecule has 8 heteroatoms. The van der Waals surface area contributed by atoms with Crippen LogP contribution >= 0.6 is 11.6 Å². The number of hydrogen-bond acceptors (Lipinski definition) is 6. The van der Waals surface area contributed by atoms with Crippen LogP contribution in [0.5, 0.6) is 0 Å². The fourth-order valence-electron chi connectivity index (χ4n) is 4.23. The lowest BCUT2D eigenvalue weighted by atomic mass is 9.89. The molecule has 2 aromatic rings. The van der Waals surface area contributed by atoms with Crippen LogP contribution in [-0.4, -0.2) is 40.5 Å². The molecule has 7 nitrogen and oxygen atoms in total. The average Bonchev–Trinajstić information content (AvgIpc) is 2.80. The fourth-order valence-corrected chi connectivity index (χ4v) is 4.43. The molecule has 2 aliphatic rings. The molecule has 1 saturated carbocycles. The van der Waals surface area contributed by atoms with E-state index < -0.39 is 0 Å². The van der Waals surface area contributed by atoms with Crippen molar-refractivity contribution < 1.29 is 4.79 Å². The number of amides is 1. The molecule has 160 valence electrons. The molecule has 1 aliphatic carbocycles. The van der Waals surface area contributed by atoms with E-state index in [1.54, 1.807) is 24.7 Å². The van der Waals surface area contributed by atoms with Gasteiger partial charge in [-0.15, -0.1) is 0 Å². The minimum Gasteiger partial charge on any atom is -0.368 e. The number of nitrogens with zero attached hydrogens (tertiary/aromatic N) is 3. The first-order valence-electron chi connectivity index (χ1n) is 10.9. The monoisotopic (exact) mass is 428 g/mol. The maximum Gasteiger partial charge on any atom is 0.229 e. The van der Waals surface area contributed by atoms with Gasteiger partial charge in [0, 0.05) is 24.8 Å². The Morgan fingerprint density at radius 1 is 1.10 bits per heavy atom. The van der Waals surface area contributed by atoms with Crippen LogP contribution in [0.1, 0.15) is 44.9 Å². The zero-order chi connectivity index (χ0) is 20.8. The van der Waals surface area contributed by atoms with Crippen LogP contribution in [0.15, 0.2) is 24.7 Å². The summed E-state index contributed by atoms with van der Waals surface area (Å²) in [5.74, 6) is 1.87. The highest BCUT2D eigenvalue weighted by Gasteiger charge is 2.21. The molecule has 0 bridgehead atoms. The van der Waals surface area contributed by atoms with Crippen LogP contribution in [0.2, 0.25) is 5.02 Å². The minimum atomic E-state index is -0.0354. The summed E-state index contributed by atoms with van der Waals surface area (Å²) in [6.07, 6.45) is 13.4. The molecule has 3 N–H and O–H groups in total. The Hall–Kier alpha value is -2.25. The molecule has 2 fully saturated rings. The summed E-state index contributed by atoms with van der Waals surface area (Å²) in [6, 6.07) is 1.77. The second-order valence-corrected chi connectivity index (χ2v) is 8.66. The third-order valence-electron chi connectivity index (χ3n) is 5.98. The smallest absolute Gasteiger partial charge is 0.229 e. The molecule has 0 spiro atoms. The van der Waals surface area contributed by atoms with E-state index in [4.69, 9.17) is 11.6 Å². The third kappa shape index (κ3) is 5.46. The van der Waals surface area contributed by atoms with Crippen molar-refractivity contribution in [3.63, 3.8) is 0 Å². The van der Waals surface area contributed by atoms with E-state index in [0.29, 0.717) is 34.6 Å². The third-order valence-corrected chi connectivity index (χ3v) is 6.28. The Labute approximate surface area is 182 Å². The summed E-state index contributed by atoms with van der Waals surface area (Å²) in [5.41, 5.74) is 1.36. The predicted octanol–water partition coefficient (Wildman–Crippen LogP) is 4.12. The van der Waals surface area contributed by atoms with Crippen molar-refractivity contribution >= 4 is 29.1 Å². The quantitative estimate of drug-likeness (QED) is 0.640. The van der Waals surface area contributed by atoms with Crippen LogP contribution in [0.4, 0.5) is 11.6 Å². The summed E-state index contributed by atoms with van der Waals surface area (Å²) < 4.78 is 0. The average molecular weight is 429 g/mol. The number of hydrogen-bond donors (Lipinski definition) is 3. The number of aromatic nitrogens is 3. The van der Waals surface area contributed by atoms with Crippen LogP contribution < -0.4 is 16.0 Å². The summed E-state index contributed by atoms with van der Waals surface area (Å²) in [6.45, 7) is 2.59. The van der Waals surface area contributed by atoms with Crippen molar-refractivity contribution in [3.05, 3.63) is 29.7 Å². The topological polar surface area (TPSA) is 91.8 Å². The summed E-state index contributed by atoms with van der Waals surface area (Å²) >= 11 is 6.39. The largest absolute Gasteiger partial charge is 0.368 e. The highest BCUT2D eigenvalue weighted by Crippen LogP contribution is 2.29. The predicted molar refractivity (Wildman–Crippen MR) is 120 cm³/mol. The van der Waals surface area contributed by atoms with Gasteiger partial charge in [0.2, 0.25) is 5.91 Å². The number of rotatable bonds is 6. The van der Waals surface area contributed by atoms with E-state index in [2.05, 4.69) is 30.9 Å². The number of carbonyl (C=O) groups is 1. The van der Waals surface area contributed by atoms with E-state index in [0.717, 1.165) is 31.7 Å². The van der Waals surface area contributed by atoms with Gasteiger partial charge in [0.05, 0.1) is 29.0 Å². The number of anilines is 2. The maximum atomic E-state index is 12.5. The van der Waals surface area contributed by atoms with Crippen LogP contribution in [-0.2, 0) is 4.79 Å². The summed E-state index contributed by atoms with van der Waals surface area (Å²) in [7, 11) is 0. The lowest BCUT2D eigenvalue weighted by Crippen LogP contribution is -2.37. The highest BCUT2D eigenvalue weighted by molar-refractivity contribution is 6.33. The van der Waals surface area contributed by atoms with Gasteiger partial charge in [-0.05, 0) is 44.2 Å². The number of piperidine rings is 1. The Kier molecular flexibility index (Phi) is 7.12. The van der Waals surface area contributed by atoms with Gasteiger partial charge in [0.1, 0.15) is 11.6 Å². The molecule has 0 aromatic carbocycles. The molecule has 0 radical (unpaired) electrons. The minimum absolute atomic E-state index is 0.0167. The van der Waals surface area contributed by atoms with E-state index in [-0.39, 0.29) is 11.8 Å². The van der Waals surface area contributed by atoms with Gasteiger partial charge in [0.15, 0.2) is 0 Å². The van der Waals surface area contributed by atoms with Gasteiger partial charge >= 0.3 is 0 Å². The van der Waals surface area contributed by atoms with Crippen molar-refractivity contribution in [1.29, 1.82) is 0 Å². The van der Waals surface area contributed by atoms with E-state index in [9.17, 15) is 4.79 Å². The van der Waals surface area contributed by atoms with Crippen molar-refractivity contribution in [2.24, 2.45) is 11.8 Å². The van der Waals surface area contributed by atoms with Gasteiger partial charge in [-0.25, -0.2) is 9.97 Å². The summed E-state index contributed by atoms with van der Waals surface area (Å²) in [4.78, 5) is 25.8. The molecule has 1 atom stereocenters. The zero-order valence-electron chi connectivity index (χ0n) is 17.2.